The second kappa shape index (κ2) is 7.41. The molecule has 26 heavy (non-hydrogen) atoms. The number of H-pyrrole nitrogens is 1. The Morgan fingerprint density at radius 1 is 1.15 bits per heavy atom. The first kappa shape index (κ1) is 18.3. The summed E-state index contributed by atoms with van der Waals surface area (Å²) in [5, 5.41) is 0. The van der Waals surface area contributed by atoms with Gasteiger partial charge in [-0.25, -0.2) is 9.59 Å². The molecule has 0 saturated carbocycles. The summed E-state index contributed by atoms with van der Waals surface area (Å²) in [7, 11) is 1.30. The molecule has 138 valence electrons. The molecule has 1 aliphatic heterocycles. The van der Waals surface area contributed by atoms with Gasteiger partial charge in [0.05, 0.1) is 12.7 Å². The molecule has 8 heteroatoms. The molecule has 0 aliphatic carbocycles. The lowest BCUT2D eigenvalue weighted by Gasteiger charge is -2.19. The average Bonchev–Trinajstić information content (AvgIpc) is 2.93. The van der Waals surface area contributed by atoms with Gasteiger partial charge in [0.15, 0.2) is 11.5 Å². The molecule has 1 aromatic carbocycles. The maximum Gasteiger partial charge on any atom is 0.355 e. The van der Waals surface area contributed by atoms with Crippen molar-refractivity contribution in [3.05, 3.63) is 44.7 Å². The number of nitrogens with one attached hydrogen (secondary N) is 1. The Labute approximate surface area is 158 Å². The third-order valence-electron chi connectivity index (χ3n) is 4.10. The number of aromatic amines is 1. The molecule has 0 radical (unpaired) electrons. The second-order valence-corrected chi connectivity index (χ2v) is 6.63. The molecule has 1 aliphatic rings. The van der Waals surface area contributed by atoms with Crippen LogP contribution in [0.15, 0.2) is 16.6 Å². The van der Waals surface area contributed by atoms with Crippen molar-refractivity contribution in [1.82, 2.24) is 4.98 Å². The number of carbonyl (C=O) groups excluding carboxylic acids is 2. The molecule has 0 unspecified atom stereocenters. The van der Waals surface area contributed by atoms with E-state index in [1.165, 1.54) is 7.11 Å². The molecule has 1 aromatic heterocycles. The molecule has 0 spiro atoms. The lowest BCUT2D eigenvalue weighted by atomic mass is 10.1. The standard InChI is InChI=1S/C18H18BrNO6/c1-9-15(17(21)23-3)10(2)20-16(9)18(22)26-8-11-6-13-14(7-12(11)19)25-5-4-24-13/h6-7,20H,4-5,8H2,1-3H3. The molecule has 2 heterocycles. The first-order valence-electron chi connectivity index (χ1n) is 7.95. The molecular formula is C18H18BrNO6. The van der Waals surface area contributed by atoms with Crippen molar-refractivity contribution in [2.75, 3.05) is 20.3 Å². The number of halogens is 1. The van der Waals surface area contributed by atoms with Crippen LogP contribution in [0.2, 0.25) is 0 Å². The van der Waals surface area contributed by atoms with E-state index in [-0.39, 0.29) is 12.3 Å². The van der Waals surface area contributed by atoms with Gasteiger partial charge in [-0.1, -0.05) is 15.9 Å². The van der Waals surface area contributed by atoms with Crippen molar-refractivity contribution in [1.29, 1.82) is 0 Å². The molecule has 3 rings (SSSR count). The molecule has 7 nitrogen and oxygen atoms in total. The Morgan fingerprint density at radius 2 is 1.81 bits per heavy atom. The van der Waals surface area contributed by atoms with Crippen LogP contribution in [0, 0.1) is 13.8 Å². The SMILES string of the molecule is COC(=O)c1c(C)[nH]c(C(=O)OCc2cc3c(cc2Br)OCCO3)c1C. The van der Waals surface area contributed by atoms with Crippen LogP contribution in [0.4, 0.5) is 0 Å². The van der Waals surface area contributed by atoms with Gasteiger partial charge in [0.1, 0.15) is 25.5 Å². The van der Waals surface area contributed by atoms with Crippen LogP contribution < -0.4 is 9.47 Å². The average molecular weight is 424 g/mol. The minimum absolute atomic E-state index is 0.0428. The monoisotopic (exact) mass is 423 g/mol. The van der Waals surface area contributed by atoms with Crippen molar-refractivity contribution < 1.29 is 28.5 Å². The number of methoxy groups -OCH3 is 1. The van der Waals surface area contributed by atoms with Crippen molar-refractivity contribution in [2.45, 2.75) is 20.5 Å². The number of aryl methyl sites for hydroxylation is 1. The minimum atomic E-state index is -0.553. The van der Waals surface area contributed by atoms with Crippen LogP contribution in [0.3, 0.4) is 0 Å². The van der Waals surface area contributed by atoms with Gasteiger partial charge in [-0.05, 0) is 31.5 Å². The summed E-state index contributed by atoms with van der Waals surface area (Å²) >= 11 is 3.44. The van der Waals surface area contributed by atoms with Gasteiger partial charge in [-0.15, -0.1) is 0 Å². The normalized spacial score (nSPS) is 12.6. The highest BCUT2D eigenvalue weighted by Crippen LogP contribution is 2.36. The van der Waals surface area contributed by atoms with E-state index in [1.54, 1.807) is 26.0 Å². The molecule has 0 saturated heterocycles. The quantitative estimate of drug-likeness (QED) is 0.758. The number of fused-ring (bicyclic) bond motifs is 1. The maximum absolute atomic E-state index is 12.4. The fraction of sp³-hybridized carbons (Fsp3) is 0.333. The van der Waals surface area contributed by atoms with Crippen LogP contribution in [0.1, 0.15) is 37.7 Å². The van der Waals surface area contributed by atoms with Gasteiger partial charge < -0.3 is 23.9 Å². The highest BCUT2D eigenvalue weighted by Gasteiger charge is 2.24. The maximum atomic E-state index is 12.4. The van der Waals surface area contributed by atoms with E-state index >= 15 is 0 Å². The van der Waals surface area contributed by atoms with Gasteiger partial charge in [-0.2, -0.15) is 0 Å². The van der Waals surface area contributed by atoms with Gasteiger partial charge in [-0.3, -0.25) is 0 Å². The van der Waals surface area contributed by atoms with Crippen molar-refractivity contribution in [3.8, 4) is 11.5 Å². The third-order valence-corrected chi connectivity index (χ3v) is 4.84. The van der Waals surface area contributed by atoms with Crippen molar-refractivity contribution in [3.63, 3.8) is 0 Å². The van der Waals surface area contributed by atoms with E-state index in [0.717, 1.165) is 10.0 Å². The van der Waals surface area contributed by atoms with Crippen LogP contribution in [-0.4, -0.2) is 37.2 Å². The summed E-state index contributed by atoms with van der Waals surface area (Å²) in [6, 6.07) is 3.57. The first-order chi connectivity index (χ1) is 12.4. The largest absolute Gasteiger partial charge is 0.486 e. The summed E-state index contributed by atoms with van der Waals surface area (Å²) in [5.41, 5.74) is 2.38. The topological polar surface area (TPSA) is 86.9 Å². The Morgan fingerprint density at radius 3 is 2.46 bits per heavy atom. The number of ether oxygens (including phenoxy) is 4. The number of hydrogen-bond acceptors (Lipinski definition) is 6. The Bertz CT molecular complexity index is 873. The van der Waals surface area contributed by atoms with Gasteiger partial charge in [0.25, 0.3) is 0 Å². The predicted molar refractivity (Wildman–Crippen MR) is 95.9 cm³/mol. The first-order valence-corrected chi connectivity index (χ1v) is 8.74. The number of esters is 2. The van der Waals surface area contributed by atoms with Crippen molar-refractivity contribution in [2.24, 2.45) is 0 Å². The van der Waals surface area contributed by atoms with Crippen LogP contribution in [0.25, 0.3) is 0 Å². The summed E-state index contributed by atoms with van der Waals surface area (Å²) < 4.78 is 22.0. The summed E-state index contributed by atoms with van der Waals surface area (Å²) in [6.07, 6.45) is 0. The molecular weight excluding hydrogens is 406 g/mol. The lowest BCUT2D eigenvalue weighted by molar-refractivity contribution is 0.0464. The Balaban J connectivity index is 1.77. The van der Waals surface area contributed by atoms with Crippen molar-refractivity contribution >= 4 is 27.9 Å². The fourth-order valence-electron chi connectivity index (χ4n) is 2.79. The van der Waals surface area contributed by atoms with Crippen LogP contribution >= 0.6 is 15.9 Å². The van der Waals surface area contributed by atoms with Gasteiger partial charge in [0.2, 0.25) is 0 Å². The predicted octanol–water partition coefficient (Wildman–Crippen LogP) is 3.31. The molecule has 0 amide bonds. The lowest BCUT2D eigenvalue weighted by Crippen LogP contribution is -2.16. The molecule has 0 fully saturated rings. The number of carbonyl (C=O) groups is 2. The van der Waals surface area contributed by atoms with Gasteiger partial charge >= 0.3 is 11.9 Å². The van der Waals surface area contributed by atoms with E-state index in [4.69, 9.17) is 18.9 Å². The zero-order chi connectivity index (χ0) is 18.8. The minimum Gasteiger partial charge on any atom is -0.486 e. The zero-order valence-electron chi connectivity index (χ0n) is 14.6. The zero-order valence-corrected chi connectivity index (χ0v) is 16.2. The van der Waals surface area contributed by atoms with E-state index in [1.807, 2.05) is 0 Å². The van der Waals surface area contributed by atoms with E-state index in [2.05, 4.69) is 20.9 Å². The number of benzene rings is 1. The van der Waals surface area contributed by atoms with Gasteiger partial charge in [0, 0.05) is 15.7 Å². The Kier molecular flexibility index (Phi) is 5.22. The van der Waals surface area contributed by atoms with E-state index < -0.39 is 11.9 Å². The highest BCUT2D eigenvalue weighted by atomic mass is 79.9. The smallest absolute Gasteiger partial charge is 0.355 e. The summed E-state index contributed by atoms with van der Waals surface area (Å²) in [6.45, 7) is 4.40. The van der Waals surface area contributed by atoms with E-state index in [0.29, 0.717) is 41.5 Å². The summed E-state index contributed by atoms with van der Waals surface area (Å²) in [5.74, 6) is 0.217. The van der Waals surface area contributed by atoms with Crippen LogP contribution in [0.5, 0.6) is 11.5 Å². The Hall–Kier alpha value is -2.48. The number of rotatable bonds is 4. The second-order valence-electron chi connectivity index (χ2n) is 5.78. The fourth-order valence-corrected chi connectivity index (χ4v) is 3.23. The highest BCUT2D eigenvalue weighted by molar-refractivity contribution is 9.10. The number of hydrogen-bond donors (Lipinski definition) is 1. The molecule has 2 aromatic rings. The third kappa shape index (κ3) is 3.41. The van der Waals surface area contributed by atoms with Crippen LogP contribution in [-0.2, 0) is 16.1 Å². The number of aromatic nitrogens is 1. The molecule has 0 bridgehead atoms. The molecule has 0 atom stereocenters. The van der Waals surface area contributed by atoms with E-state index in [9.17, 15) is 9.59 Å². The molecule has 1 N–H and O–H groups in total. The summed E-state index contributed by atoms with van der Waals surface area (Å²) in [4.78, 5) is 27.2.